The van der Waals surface area contributed by atoms with E-state index in [1.165, 1.54) is 0 Å². The molecule has 0 aliphatic heterocycles. The van der Waals surface area contributed by atoms with Crippen LogP contribution in [-0.4, -0.2) is 23.1 Å². The summed E-state index contributed by atoms with van der Waals surface area (Å²) in [4.78, 5) is 25.2. The fourth-order valence-electron chi connectivity index (χ4n) is 3.15. The van der Waals surface area contributed by atoms with E-state index in [-0.39, 0.29) is 11.8 Å². The zero-order valence-electron chi connectivity index (χ0n) is 15.0. The lowest BCUT2D eigenvalue weighted by Crippen LogP contribution is -2.63. The highest BCUT2D eigenvalue weighted by atomic mass is 16.6. The zero-order valence-corrected chi connectivity index (χ0v) is 15.0. The number of carbonyl (C=O) groups is 2. The van der Waals surface area contributed by atoms with Gasteiger partial charge >= 0.3 is 6.09 Å². The second-order valence-corrected chi connectivity index (χ2v) is 7.51. The van der Waals surface area contributed by atoms with Gasteiger partial charge in [0.25, 0.3) is 0 Å². The quantitative estimate of drug-likeness (QED) is 0.883. The monoisotopic (exact) mass is 336 g/mol. The second kappa shape index (κ2) is 7.28. The van der Waals surface area contributed by atoms with Crippen LogP contribution >= 0.6 is 0 Å². The largest absolute Gasteiger partial charge is 0.467 e. The molecule has 1 aromatic rings. The number of hydrogen-bond donors (Lipinski definition) is 2. The molecular formula is C18H28N2O4. The molecule has 6 nitrogen and oxygen atoms in total. The molecule has 1 heterocycles. The van der Waals surface area contributed by atoms with Crippen molar-refractivity contribution in [3.05, 3.63) is 24.2 Å². The van der Waals surface area contributed by atoms with Gasteiger partial charge in [0, 0.05) is 0 Å². The summed E-state index contributed by atoms with van der Waals surface area (Å²) in [5.74, 6) is 0.534. The van der Waals surface area contributed by atoms with E-state index in [1.54, 1.807) is 39.2 Å². The Morgan fingerprint density at radius 3 is 2.71 bits per heavy atom. The van der Waals surface area contributed by atoms with E-state index >= 15 is 0 Å². The van der Waals surface area contributed by atoms with Crippen LogP contribution in [0.3, 0.4) is 0 Å². The molecular weight excluding hydrogens is 308 g/mol. The molecule has 2 atom stereocenters. The molecule has 2 unspecified atom stereocenters. The van der Waals surface area contributed by atoms with E-state index < -0.39 is 17.2 Å². The summed E-state index contributed by atoms with van der Waals surface area (Å²) in [5.41, 5.74) is -1.54. The van der Waals surface area contributed by atoms with Crippen molar-refractivity contribution < 1.29 is 18.7 Å². The minimum absolute atomic E-state index is 0.0374. The first-order valence-electron chi connectivity index (χ1n) is 8.55. The predicted molar refractivity (Wildman–Crippen MR) is 90.3 cm³/mol. The van der Waals surface area contributed by atoms with Crippen LogP contribution in [0.1, 0.15) is 59.1 Å². The summed E-state index contributed by atoms with van der Waals surface area (Å²) in [6, 6.07) is 3.58. The Labute approximate surface area is 143 Å². The van der Waals surface area contributed by atoms with Crippen molar-refractivity contribution in [2.45, 2.75) is 71.1 Å². The molecule has 2 N–H and O–H groups in total. The van der Waals surface area contributed by atoms with E-state index in [0.29, 0.717) is 18.7 Å². The van der Waals surface area contributed by atoms with Gasteiger partial charge in [-0.3, -0.25) is 4.79 Å². The number of ether oxygens (including phenoxy) is 1. The van der Waals surface area contributed by atoms with Crippen LogP contribution < -0.4 is 10.6 Å². The minimum atomic E-state index is -0.937. The Morgan fingerprint density at radius 1 is 1.38 bits per heavy atom. The van der Waals surface area contributed by atoms with Gasteiger partial charge in [-0.1, -0.05) is 19.8 Å². The SMILES string of the molecule is CC1CCCCC1(NC(=O)OC(C)(C)C)C(=O)NCc1ccco1. The number of nitrogens with one attached hydrogen (secondary N) is 2. The third-order valence-corrected chi connectivity index (χ3v) is 4.43. The van der Waals surface area contributed by atoms with Crippen molar-refractivity contribution in [1.82, 2.24) is 10.6 Å². The van der Waals surface area contributed by atoms with E-state index in [2.05, 4.69) is 10.6 Å². The maximum absolute atomic E-state index is 12.9. The predicted octanol–water partition coefficient (Wildman–Crippen LogP) is 3.37. The van der Waals surface area contributed by atoms with Gasteiger partial charge in [-0.2, -0.15) is 0 Å². The fraction of sp³-hybridized carbons (Fsp3) is 0.667. The van der Waals surface area contributed by atoms with Crippen molar-refractivity contribution >= 4 is 12.0 Å². The highest BCUT2D eigenvalue weighted by molar-refractivity contribution is 5.90. The van der Waals surface area contributed by atoms with E-state index in [4.69, 9.17) is 9.15 Å². The fourth-order valence-corrected chi connectivity index (χ4v) is 3.15. The molecule has 0 saturated heterocycles. The summed E-state index contributed by atoms with van der Waals surface area (Å²) in [5, 5.41) is 5.76. The average Bonchev–Trinajstić information content (AvgIpc) is 2.98. The molecule has 1 aliphatic rings. The third-order valence-electron chi connectivity index (χ3n) is 4.43. The Morgan fingerprint density at radius 2 is 2.12 bits per heavy atom. The number of amides is 2. The number of hydrogen-bond acceptors (Lipinski definition) is 4. The Bertz CT molecular complexity index is 562. The summed E-state index contributed by atoms with van der Waals surface area (Å²) in [6.07, 6.45) is 4.48. The summed E-state index contributed by atoms with van der Waals surface area (Å²) < 4.78 is 10.6. The van der Waals surface area contributed by atoms with Crippen molar-refractivity contribution in [2.24, 2.45) is 5.92 Å². The Kier molecular flexibility index (Phi) is 5.57. The molecule has 6 heteroatoms. The van der Waals surface area contributed by atoms with Gasteiger partial charge in [0.05, 0.1) is 12.8 Å². The second-order valence-electron chi connectivity index (χ2n) is 7.51. The number of carbonyl (C=O) groups excluding carboxylic acids is 2. The maximum atomic E-state index is 12.9. The van der Waals surface area contributed by atoms with Crippen LogP contribution in [0.5, 0.6) is 0 Å². The molecule has 0 bridgehead atoms. The van der Waals surface area contributed by atoms with Gasteiger partial charge in [-0.05, 0) is 51.7 Å². The standard InChI is InChI=1S/C18H28N2O4/c1-13-8-5-6-10-18(13,20-16(22)24-17(2,3)4)15(21)19-12-14-9-7-11-23-14/h7,9,11,13H,5-6,8,10,12H2,1-4H3,(H,19,21)(H,20,22). The summed E-state index contributed by atoms with van der Waals surface area (Å²) >= 11 is 0. The van der Waals surface area contributed by atoms with Crippen molar-refractivity contribution in [3.63, 3.8) is 0 Å². The van der Waals surface area contributed by atoms with Crippen LogP contribution in [0.2, 0.25) is 0 Å². The van der Waals surface area contributed by atoms with Crippen LogP contribution in [0.15, 0.2) is 22.8 Å². The van der Waals surface area contributed by atoms with Gasteiger partial charge in [-0.25, -0.2) is 4.79 Å². The van der Waals surface area contributed by atoms with Gasteiger partial charge < -0.3 is 19.8 Å². The lowest BCUT2D eigenvalue weighted by molar-refractivity contribution is -0.131. The molecule has 24 heavy (non-hydrogen) atoms. The lowest BCUT2D eigenvalue weighted by Gasteiger charge is -2.41. The first kappa shape index (κ1) is 18.4. The first-order chi connectivity index (χ1) is 11.2. The Balaban J connectivity index is 2.10. The summed E-state index contributed by atoms with van der Waals surface area (Å²) in [7, 11) is 0. The Hall–Kier alpha value is -1.98. The average molecular weight is 336 g/mol. The third kappa shape index (κ3) is 4.52. The van der Waals surface area contributed by atoms with E-state index in [9.17, 15) is 9.59 Å². The summed E-state index contributed by atoms with van der Waals surface area (Å²) in [6.45, 7) is 7.72. The molecule has 1 saturated carbocycles. The highest BCUT2D eigenvalue weighted by Gasteiger charge is 2.46. The minimum Gasteiger partial charge on any atom is -0.467 e. The number of furan rings is 1. The van der Waals surface area contributed by atoms with Gasteiger partial charge in [0.2, 0.25) is 5.91 Å². The number of rotatable bonds is 4. The van der Waals surface area contributed by atoms with Crippen LogP contribution in [0.4, 0.5) is 4.79 Å². The van der Waals surface area contributed by atoms with Gasteiger partial charge in [0.1, 0.15) is 16.9 Å². The van der Waals surface area contributed by atoms with Gasteiger partial charge in [-0.15, -0.1) is 0 Å². The molecule has 0 aromatic carbocycles. The first-order valence-corrected chi connectivity index (χ1v) is 8.55. The lowest BCUT2D eigenvalue weighted by atomic mass is 9.73. The van der Waals surface area contributed by atoms with Crippen LogP contribution in [0.25, 0.3) is 0 Å². The zero-order chi connectivity index (χ0) is 17.8. The molecule has 1 aliphatic carbocycles. The van der Waals surface area contributed by atoms with Crippen molar-refractivity contribution in [2.75, 3.05) is 0 Å². The van der Waals surface area contributed by atoms with Gasteiger partial charge in [0.15, 0.2) is 0 Å². The van der Waals surface area contributed by atoms with E-state index in [1.807, 2.05) is 6.92 Å². The molecule has 1 aromatic heterocycles. The molecule has 0 spiro atoms. The smallest absolute Gasteiger partial charge is 0.408 e. The molecule has 2 amide bonds. The van der Waals surface area contributed by atoms with Crippen LogP contribution in [-0.2, 0) is 16.1 Å². The van der Waals surface area contributed by atoms with E-state index in [0.717, 1.165) is 19.3 Å². The van der Waals surface area contributed by atoms with Crippen molar-refractivity contribution in [1.29, 1.82) is 0 Å². The molecule has 1 fully saturated rings. The number of alkyl carbamates (subject to hydrolysis) is 1. The molecule has 134 valence electrons. The maximum Gasteiger partial charge on any atom is 0.408 e. The van der Waals surface area contributed by atoms with Crippen molar-refractivity contribution in [3.8, 4) is 0 Å². The van der Waals surface area contributed by atoms with Crippen LogP contribution in [0, 0.1) is 5.92 Å². The molecule has 2 rings (SSSR count). The normalized spacial score (nSPS) is 24.2. The topological polar surface area (TPSA) is 80.6 Å². The molecule has 0 radical (unpaired) electrons. The highest BCUT2D eigenvalue weighted by Crippen LogP contribution is 2.34.